The molecule has 102 valence electrons. The Kier molecular flexibility index (Phi) is 3.38. The molecule has 3 heterocycles. The standard InChI is InChI=1S/C14H19N3O2/c1-2-15-10-3-6-13(16-7-10)14(18)17-8-11-4-5-12(9-17)19-11/h3,6-7,11-12,15H,2,4-5,8-9H2,1H3. The van der Waals surface area contributed by atoms with E-state index < -0.39 is 0 Å². The molecule has 2 aliphatic rings. The summed E-state index contributed by atoms with van der Waals surface area (Å²) >= 11 is 0. The van der Waals surface area contributed by atoms with E-state index in [1.807, 2.05) is 17.9 Å². The predicted molar refractivity (Wildman–Crippen MR) is 72.2 cm³/mol. The number of aromatic nitrogens is 1. The van der Waals surface area contributed by atoms with Crippen molar-refractivity contribution in [2.45, 2.75) is 32.0 Å². The highest BCUT2D eigenvalue weighted by Gasteiger charge is 2.36. The van der Waals surface area contributed by atoms with Gasteiger partial charge in [0, 0.05) is 19.6 Å². The van der Waals surface area contributed by atoms with Gasteiger partial charge in [0.05, 0.1) is 24.1 Å². The fourth-order valence-electron chi connectivity index (χ4n) is 2.77. The summed E-state index contributed by atoms with van der Waals surface area (Å²) in [6.45, 7) is 4.28. The average molecular weight is 261 g/mol. The molecule has 5 heteroatoms. The van der Waals surface area contributed by atoms with Crippen molar-refractivity contribution in [2.24, 2.45) is 0 Å². The van der Waals surface area contributed by atoms with Crippen LogP contribution >= 0.6 is 0 Å². The predicted octanol–water partition coefficient (Wildman–Crippen LogP) is 1.52. The number of rotatable bonds is 3. The monoisotopic (exact) mass is 261 g/mol. The first kappa shape index (κ1) is 12.4. The van der Waals surface area contributed by atoms with E-state index in [0.29, 0.717) is 18.8 Å². The molecule has 0 radical (unpaired) electrons. The number of amides is 1. The third-order valence-corrected chi connectivity index (χ3v) is 3.69. The number of hydrogen-bond acceptors (Lipinski definition) is 4. The third-order valence-electron chi connectivity index (χ3n) is 3.69. The zero-order valence-corrected chi connectivity index (χ0v) is 11.1. The van der Waals surface area contributed by atoms with Crippen LogP contribution in [0, 0.1) is 0 Å². The Bertz CT molecular complexity index is 448. The summed E-state index contributed by atoms with van der Waals surface area (Å²) in [5.41, 5.74) is 1.46. The second kappa shape index (κ2) is 5.17. The van der Waals surface area contributed by atoms with Crippen molar-refractivity contribution in [1.29, 1.82) is 0 Å². The first-order valence-electron chi connectivity index (χ1n) is 6.91. The summed E-state index contributed by atoms with van der Waals surface area (Å²) < 4.78 is 5.74. The number of nitrogens with one attached hydrogen (secondary N) is 1. The van der Waals surface area contributed by atoms with Crippen LogP contribution in [0.3, 0.4) is 0 Å². The van der Waals surface area contributed by atoms with E-state index >= 15 is 0 Å². The molecular formula is C14H19N3O2. The van der Waals surface area contributed by atoms with Gasteiger partial charge >= 0.3 is 0 Å². The van der Waals surface area contributed by atoms with Gasteiger partial charge in [0.2, 0.25) is 0 Å². The van der Waals surface area contributed by atoms with E-state index in [-0.39, 0.29) is 18.1 Å². The summed E-state index contributed by atoms with van der Waals surface area (Å²) in [6, 6.07) is 3.69. The molecule has 1 amide bonds. The van der Waals surface area contributed by atoms with Gasteiger partial charge in [0.15, 0.2) is 0 Å². The molecule has 0 spiro atoms. The van der Waals surface area contributed by atoms with E-state index in [4.69, 9.17) is 4.74 Å². The van der Waals surface area contributed by atoms with Crippen LogP contribution in [-0.4, -0.2) is 47.6 Å². The fourth-order valence-corrected chi connectivity index (χ4v) is 2.77. The Morgan fingerprint density at radius 2 is 2.16 bits per heavy atom. The lowest BCUT2D eigenvalue weighted by Gasteiger charge is -2.31. The quantitative estimate of drug-likeness (QED) is 0.896. The number of likely N-dealkylation sites (tertiary alicyclic amines) is 1. The van der Waals surface area contributed by atoms with E-state index in [1.165, 1.54) is 0 Å². The Labute approximate surface area is 113 Å². The number of nitrogens with zero attached hydrogens (tertiary/aromatic N) is 2. The van der Waals surface area contributed by atoms with Gasteiger partial charge in [-0.2, -0.15) is 0 Å². The van der Waals surface area contributed by atoms with Crippen LogP contribution in [0.5, 0.6) is 0 Å². The summed E-state index contributed by atoms with van der Waals surface area (Å²) in [5.74, 6) is 0.0169. The van der Waals surface area contributed by atoms with E-state index in [2.05, 4.69) is 10.3 Å². The molecule has 2 fully saturated rings. The fraction of sp³-hybridized carbons (Fsp3) is 0.571. The average Bonchev–Trinajstić information content (AvgIpc) is 2.78. The maximum atomic E-state index is 12.4. The highest BCUT2D eigenvalue weighted by atomic mass is 16.5. The number of carbonyl (C=O) groups is 1. The molecule has 2 saturated heterocycles. The second-order valence-corrected chi connectivity index (χ2v) is 5.13. The van der Waals surface area contributed by atoms with Gasteiger partial charge in [0.25, 0.3) is 5.91 Å². The molecule has 19 heavy (non-hydrogen) atoms. The minimum Gasteiger partial charge on any atom is -0.384 e. The highest BCUT2D eigenvalue weighted by molar-refractivity contribution is 5.92. The van der Waals surface area contributed by atoms with Crippen molar-refractivity contribution >= 4 is 11.6 Å². The summed E-state index contributed by atoms with van der Waals surface area (Å²) in [7, 11) is 0. The van der Waals surface area contributed by atoms with Crippen molar-refractivity contribution in [3.8, 4) is 0 Å². The molecule has 1 N–H and O–H groups in total. The number of pyridine rings is 1. The number of ether oxygens (including phenoxy) is 1. The number of morpholine rings is 1. The number of fused-ring (bicyclic) bond motifs is 2. The Morgan fingerprint density at radius 1 is 1.42 bits per heavy atom. The smallest absolute Gasteiger partial charge is 0.272 e. The van der Waals surface area contributed by atoms with Crippen molar-refractivity contribution < 1.29 is 9.53 Å². The minimum atomic E-state index is 0.0169. The molecule has 1 aromatic rings. The maximum absolute atomic E-state index is 12.4. The molecule has 2 bridgehead atoms. The normalized spacial score (nSPS) is 25.4. The van der Waals surface area contributed by atoms with Gasteiger partial charge < -0.3 is 15.0 Å². The maximum Gasteiger partial charge on any atom is 0.272 e. The van der Waals surface area contributed by atoms with Gasteiger partial charge in [-0.25, -0.2) is 4.98 Å². The molecule has 0 aliphatic carbocycles. The van der Waals surface area contributed by atoms with Crippen LogP contribution < -0.4 is 5.32 Å². The molecule has 2 atom stereocenters. The Morgan fingerprint density at radius 3 is 2.74 bits per heavy atom. The molecular weight excluding hydrogens is 242 g/mol. The lowest BCUT2D eigenvalue weighted by molar-refractivity contribution is -0.0305. The van der Waals surface area contributed by atoms with E-state index in [1.54, 1.807) is 12.3 Å². The van der Waals surface area contributed by atoms with Crippen molar-refractivity contribution in [1.82, 2.24) is 9.88 Å². The van der Waals surface area contributed by atoms with Crippen LogP contribution in [0.25, 0.3) is 0 Å². The van der Waals surface area contributed by atoms with E-state index in [0.717, 1.165) is 25.1 Å². The van der Waals surface area contributed by atoms with Crippen molar-refractivity contribution in [3.05, 3.63) is 24.0 Å². The molecule has 1 aromatic heterocycles. The van der Waals surface area contributed by atoms with Crippen molar-refractivity contribution in [3.63, 3.8) is 0 Å². The van der Waals surface area contributed by atoms with E-state index in [9.17, 15) is 4.79 Å². The topological polar surface area (TPSA) is 54.5 Å². The third kappa shape index (κ3) is 2.56. The van der Waals surface area contributed by atoms with Gasteiger partial charge in [0.1, 0.15) is 5.69 Å². The Hall–Kier alpha value is -1.62. The lowest BCUT2D eigenvalue weighted by atomic mass is 10.2. The zero-order chi connectivity index (χ0) is 13.2. The molecule has 3 rings (SSSR count). The Balaban J connectivity index is 1.69. The van der Waals surface area contributed by atoms with Crippen LogP contribution in [0.4, 0.5) is 5.69 Å². The first-order valence-corrected chi connectivity index (χ1v) is 6.91. The number of anilines is 1. The molecule has 2 unspecified atom stereocenters. The zero-order valence-electron chi connectivity index (χ0n) is 11.1. The molecule has 5 nitrogen and oxygen atoms in total. The van der Waals surface area contributed by atoms with Gasteiger partial charge in [-0.05, 0) is 31.9 Å². The van der Waals surface area contributed by atoms with Gasteiger partial charge in [-0.1, -0.05) is 0 Å². The second-order valence-electron chi connectivity index (χ2n) is 5.13. The summed E-state index contributed by atoms with van der Waals surface area (Å²) in [5, 5.41) is 3.17. The van der Waals surface area contributed by atoms with Crippen LogP contribution in [0.1, 0.15) is 30.3 Å². The van der Waals surface area contributed by atoms with Crippen LogP contribution in [0.2, 0.25) is 0 Å². The van der Waals surface area contributed by atoms with Crippen LogP contribution in [-0.2, 0) is 4.74 Å². The molecule has 0 saturated carbocycles. The minimum absolute atomic E-state index is 0.0169. The number of carbonyl (C=O) groups excluding carboxylic acids is 1. The highest BCUT2D eigenvalue weighted by Crippen LogP contribution is 2.26. The van der Waals surface area contributed by atoms with Gasteiger partial charge in [-0.15, -0.1) is 0 Å². The summed E-state index contributed by atoms with van der Waals surface area (Å²) in [6.07, 6.45) is 4.31. The largest absolute Gasteiger partial charge is 0.384 e. The lowest BCUT2D eigenvalue weighted by Crippen LogP contribution is -2.46. The first-order chi connectivity index (χ1) is 9.26. The van der Waals surface area contributed by atoms with Crippen molar-refractivity contribution in [2.75, 3.05) is 25.0 Å². The number of hydrogen-bond donors (Lipinski definition) is 1. The molecule has 2 aliphatic heterocycles. The van der Waals surface area contributed by atoms with Gasteiger partial charge in [-0.3, -0.25) is 4.79 Å². The SMILES string of the molecule is CCNc1ccc(C(=O)N2CC3CCC(C2)O3)nc1. The summed E-state index contributed by atoms with van der Waals surface area (Å²) in [4.78, 5) is 18.5. The molecule has 0 aromatic carbocycles. The van der Waals surface area contributed by atoms with Crippen LogP contribution in [0.15, 0.2) is 18.3 Å².